The number of benzene rings is 1. The fourth-order valence-corrected chi connectivity index (χ4v) is 5.10. The van der Waals surface area contributed by atoms with Crippen molar-refractivity contribution in [2.75, 3.05) is 27.3 Å². The Morgan fingerprint density at radius 3 is 2.68 bits per heavy atom. The van der Waals surface area contributed by atoms with Crippen LogP contribution in [-0.4, -0.2) is 57.2 Å². The molecule has 1 aliphatic heterocycles. The van der Waals surface area contributed by atoms with Crippen LogP contribution in [0.3, 0.4) is 0 Å². The SMILES string of the molecule is CCn1c(-c2nc3cc(C(=O)N4CCC[C@@H](C)C4)cc(OC)c3n2C)cc2ccc(OC)nc21. The third-order valence-electron chi connectivity index (χ3n) is 6.82. The minimum absolute atomic E-state index is 0.0397. The van der Waals surface area contributed by atoms with Crippen LogP contribution in [0.5, 0.6) is 11.6 Å². The monoisotopic (exact) mass is 461 g/mol. The van der Waals surface area contributed by atoms with Gasteiger partial charge in [-0.3, -0.25) is 4.79 Å². The topological polar surface area (TPSA) is 74.4 Å². The lowest BCUT2D eigenvalue weighted by Crippen LogP contribution is -2.39. The molecule has 8 heteroatoms. The number of aromatic nitrogens is 4. The van der Waals surface area contributed by atoms with Crippen molar-refractivity contribution in [3.05, 3.63) is 35.9 Å². The van der Waals surface area contributed by atoms with E-state index in [1.807, 2.05) is 40.8 Å². The second-order valence-electron chi connectivity index (χ2n) is 9.08. The Balaban J connectivity index is 1.64. The first-order chi connectivity index (χ1) is 16.4. The van der Waals surface area contributed by atoms with E-state index >= 15 is 0 Å². The van der Waals surface area contributed by atoms with E-state index in [4.69, 9.17) is 14.5 Å². The Kier molecular flexibility index (Phi) is 5.67. The van der Waals surface area contributed by atoms with Gasteiger partial charge in [-0.2, -0.15) is 4.98 Å². The molecule has 178 valence electrons. The van der Waals surface area contributed by atoms with Crippen LogP contribution in [0.2, 0.25) is 0 Å². The fourth-order valence-electron chi connectivity index (χ4n) is 5.10. The number of carbonyl (C=O) groups excluding carboxylic acids is 1. The van der Waals surface area contributed by atoms with E-state index in [2.05, 4.69) is 29.5 Å². The molecule has 3 aromatic heterocycles. The van der Waals surface area contributed by atoms with Gasteiger partial charge >= 0.3 is 0 Å². The van der Waals surface area contributed by atoms with Gasteiger partial charge in [-0.1, -0.05) is 6.92 Å². The molecule has 1 aliphatic rings. The zero-order chi connectivity index (χ0) is 24.0. The standard InChI is InChI=1S/C26H31N5O3/c1-6-31-20(13-17-9-10-22(34-5)28-24(17)31)25-27-19-12-18(14-21(33-4)23(19)29(25)3)26(32)30-11-7-8-16(2)15-30/h9-10,12-14,16H,6-8,11,15H2,1-5H3/t16-/m1/s1. The lowest BCUT2D eigenvalue weighted by atomic mass is 9.99. The molecule has 0 spiro atoms. The molecule has 0 unspecified atom stereocenters. The summed E-state index contributed by atoms with van der Waals surface area (Å²) in [6.45, 7) is 6.61. The number of aryl methyl sites for hydroxylation is 2. The third kappa shape index (κ3) is 3.57. The fraction of sp³-hybridized carbons (Fsp3) is 0.423. The number of carbonyl (C=O) groups is 1. The van der Waals surface area contributed by atoms with Crippen LogP contribution in [0.25, 0.3) is 33.6 Å². The van der Waals surface area contributed by atoms with Crippen LogP contribution in [0, 0.1) is 5.92 Å². The number of fused-ring (bicyclic) bond motifs is 2. The summed E-state index contributed by atoms with van der Waals surface area (Å²) in [4.78, 5) is 24.9. The quantitative estimate of drug-likeness (QED) is 0.438. The van der Waals surface area contributed by atoms with E-state index in [-0.39, 0.29) is 5.91 Å². The molecule has 0 radical (unpaired) electrons. The average Bonchev–Trinajstić information content (AvgIpc) is 3.39. The number of piperidine rings is 1. The normalized spacial score (nSPS) is 16.4. The lowest BCUT2D eigenvalue weighted by Gasteiger charge is -2.31. The molecule has 0 aliphatic carbocycles. The molecule has 1 saturated heterocycles. The van der Waals surface area contributed by atoms with Crippen LogP contribution >= 0.6 is 0 Å². The highest BCUT2D eigenvalue weighted by molar-refractivity contribution is 6.00. The van der Waals surface area contributed by atoms with Gasteiger partial charge in [-0.15, -0.1) is 0 Å². The number of hydrogen-bond acceptors (Lipinski definition) is 5. The average molecular weight is 462 g/mol. The number of imidazole rings is 1. The van der Waals surface area contributed by atoms with E-state index in [9.17, 15) is 4.79 Å². The number of ether oxygens (including phenoxy) is 2. The number of rotatable bonds is 5. The summed E-state index contributed by atoms with van der Waals surface area (Å²) in [6.07, 6.45) is 2.21. The van der Waals surface area contributed by atoms with Crippen molar-refractivity contribution < 1.29 is 14.3 Å². The second-order valence-corrected chi connectivity index (χ2v) is 9.08. The zero-order valence-electron chi connectivity index (χ0n) is 20.5. The highest BCUT2D eigenvalue weighted by Gasteiger charge is 2.25. The smallest absolute Gasteiger partial charge is 0.254 e. The Labute approximate surface area is 199 Å². The van der Waals surface area contributed by atoms with Crippen molar-refractivity contribution in [1.82, 2.24) is 24.0 Å². The molecule has 5 rings (SSSR count). The van der Waals surface area contributed by atoms with Crippen molar-refractivity contribution in [3.8, 4) is 23.1 Å². The van der Waals surface area contributed by atoms with Gasteiger partial charge < -0.3 is 23.5 Å². The first-order valence-corrected chi connectivity index (χ1v) is 11.8. The maximum atomic E-state index is 13.3. The number of methoxy groups -OCH3 is 2. The van der Waals surface area contributed by atoms with Crippen LogP contribution in [0.1, 0.15) is 37.0 Å². The molecule has 1 aromatic carbocycles. The van der Waals surface area contributed by atoms with Crippen LogP contribution in [0.15, 0.2) is 30.3 Å². The molecule has 0 saturated carbocycles. The van der Waals surface area contributed by atoms with Crippen molar-refractivity contribution in [3.63, 3.8) is 0 Å². The van der Waals surface area contributed by atoms with Gasteiger partial charge in [0.2, 0.25) is 5.88 Å². The maximum Gasteiger partial charge on any atom is 0.254 e. The molecule has 34 heavy (non-hydrogen) atoms. The molecule has 1 fully saturated rings. The number of nitrogens with zero attached hydrogens (tertiary/aromatic N) is 5. The van der Waals surface area contributed by atoms with Crippen LogP contribution < -0.4 is 9.47 Å². The third-order valence-corrected chi connectivity index (χ3v) is 6.82. The first-order valence-electron chi connectivity index (χ1n) is 11.8. The molecule has 4 heterocycles. The summed E-state index contributed by atoms with van der Waals surface area (Å²) in [7, 11) is 5.24. The molecular weight excluding hydrogens is 430 g/mol. The zero-order valence-corrected chi connectivity index (χ0v) is 20.5. The Hall–Kier alpha value is -3.55. The van der Waals surface area contributed by atoms with E-state index < -0.39 is 0 Å². The van der Waals surface area contributed by atoms with Gasteiger partial charge in [0.05, 0.1) is 25.4 Å². The number of likely N-dealkylation sites (tertiary alicyclic amines) is 1. The number of amides is 1. The van der Waals surface area contributed by atoms with Crippen molar-refractivity contribution in [1.29, 1.82) is 0 Å². The largest absolute Gasteiger partial charge is 0.494 e. The highest BCUT2D eigenvalue weighted by atomic mass is 16.5. The van der Waals surface area contributed by atoms with Crippen molar-refractivity contribution in [2.45, 2.75) is 33.2 Å². The molecular formula is C26H31N5O3. The summed E-state index contributed by atoms with van der Waals surface area (Å²) in [5.41, 5.74) is 4.02. The predicted octanol–water partition coefficient (Wildman–Crippen LogP) is 4.50. The van der Waals surface area contributed by atoms with Gasteiger partial charge in [0.25, 0.3) is 5.91 Å². The Morgan fingerprint density at radius 2 is 1.97 bits per heavy atom. The van der Waals surface area contributed by atoms with Gasteiger partial charge in [0.1, 0.15) is 16.9 Å². The van der Waals surface area contributed by atoms with Gasteiger partial charge in [-0.05, 0) is 49.9 Å². The van der Waals surface area contributed by atoms with Crippen LogP contribution in [-0.2, 0) is 13.6 Å². The highest BCUT2D eigenvalue weighted by Crippen LogP contribution is 2.34. The second kappa shape index (κ2) is 8.66. The Bertz CT molecular complexity index is 1390. The summed E-state index contributed by atoms with van der Waals surface area (Å²) >= 11 is 0. The summed E-state index contributed by atoms with van der Waals surface area (Å²) < 4.78 is 15.2. The summed E-state index contributed by atoms with van der Waals surface area (Å²) in [5.74, 6) is 2.58. The van der Waals surface area contributed by atoms with Gasteiger partial charge in [0.15, 0.2) is 5.82 Å². The summed E-state index contributed by atoms with van der Waals surface area (Å²) in [5, 5.41) is 1.02. The lowest BCUT2D eigenvalue weighted by molar-refractivity contribution is 0.0683. The van der Waals surface area contributed by atoms with E-state index in [1.165, 1.54) is 6.42 Å². The molecule has 0 bridgehead atoms. The molecule has 8 nitrogen and oxygen atoms in total. The van der Waals surface area contributed by atoms with Crippen molar-refractivity contribution in [2.24, 2.45) is 13.0 Å². The molecule has 0 N–H and O–H groups in total. The van der Waals surface area contributed by atoms with Gasteiger partial charge in [-0.25, -0.2) is 4.98 Å². The minimum atomic E-state index is 0.0397. The summed E-state index contributed by atoms with van der Waals surface area (Å²) in [6, 6.07) is 9.71. The predicted molar refractivity (Wildman–Crippen MR) is 133 cm³/mol. The molecule has 1 atom stereocenters. The van der Waals surface area contributed by atoms with E-state index in [0.29, 0.717) is 23.1 Å². The minimum Gasteiger partial charge on any atom is -0.494 e. The molecule has 1 amide bonds. The van der Waals surface area contributed by atoms with E-state index in [1.54, 1.807) is 14.2 Å². The maximum absolute atomic E-state index is 13.3. The molecule has 4 aromatic rings. The van der Waals surface area contributed by atoms with Gasteiger partial charge in [0, 0.05) is 43.7 Å². The van der Waals surface area contributed by atoms with E-state index in [0.717, 1.165) is 59.6 Å². The van der Waals surface area contributed by atoms with Crippen LogP contribution in [0.4, 0.5) is 0 Å². The first kappa shape index (κ1) is 22.3. The number of pyridine rings is 1. The Morgan fingerprint density at radius 1 is 1.15 bits per heavy atom. The number of hydrogen-bond donors (Lipinski definition) is 0. The van der Waals surface area contributed by atoms with Crippen molar-refractivity contribution >= 4 is 28.0 Å².